The molecule has 8 nitrogen and oxygen atoms in total. The standard InChI is InChI=1S/C39H43N3O5/c43-25-34-21-28-13-7-8-16-31(28)24-42(34)37(44)22-29-14-5-2-6-15-30(19-27-11-3-1-4-12-27)39(46)47-26-33(41-38(29)45)20-32-23-40-36-18-10-9-17-35(32)36/h1-5,7-13,16-18,23,29-30,33-34,40,43H,6,14-15,19-22,24-26H2,(H,41,45). The Labute approximate surface area is 275 Å². The van der Waals surface area contributed by atoms with Gasteiger partial charge in [0.2, 0.25) is 11.8 Å². The Bertz CT molecular complexity index is 1710. The topological polar surface area (TPSA) is 112 Å². The molecule has 2 aliphatic rings. The summed E-state index contributed by atoms with van der Waals surface area (Å²) in [6, 6.07) is 25.1. The molecule has 4 aromatic rings. The number of carbonyl (C=O) groups is 3. The van der Waals surface area contributed by atoms with Crippen LogP contribution in [0.3, 0.4) is 0 Å². The van der Waals surface area contributed by atoms with Crippen LogP contribution in [0.15, 0.2) is 97.2 Å². The first kappa shape index (κ1) is 32.3. The zero-order chi connectivity index (χ0) is 32.6. The summed E-state index contributed by atoms with van der Waals surface area (Å²) in [6.45, 7) is 0.296. The van der Waals surface area contributed by atoms with Crippen LogP contribution in [0.4, 0.5) is 0 Å². The number of cyclic esters (lactones) is 1. The molecule has 0 bridgehead atoms. The van der Waals surface area contributed by atoms with E-state index in [0.29, 0.717) is 45.1 Å². The quantitative estimate of drug-likeness (QED) is 0.189. The second-order valence-electron chi connectivity index (χ2n) is 12.8. The predicted molar refractivity (Wildman–Crippen MR) is 181 cm³/mol. The minimum absolute atomic E-state index is 0.0189. The van der Waals surface area contributed by atoms with Crippen LogP contribution in [0.5, 0.6) is 0 Å². The number of rotatable bonds is 7. The molecule has 6 rings (SSSR count). The van der Waals surface area contributed by atoms with Crippen molar-refractivity contribution in [3.05, 3.63) is 119 Å². The molecular formula is C39H43N3O5. The molecule has 3 aromatic carbocycles. The average molecular weight is 634 g/mol. The third-order valence-corrected chi connectivity index (χ3v) is 9.52. The maximum Gasteiger partial charge on any atom is 0.309 e. The lowest BCUT2D eigenvalue weighted by Crippen LogP contribution is -2.48. The van der Waals surface area contributed by atoms with Crippen LogP contribution in [0, 0.1) is 11.8 Å². The monoisotopic (exact) mass is 633 g/mol. The molecular weight excluding hydrogens is 590 g/mol. The maximum atomic E-state index is 14.0. The van der Waals surface area contributed by atoms with Crippen LogP contribution < -0.4 is 5.32 Å². The van der Waals surface area contributed by atoms with Crippen LogP contribution in [-0.2, 0) is 44.9 Å². The molecule has 0 aliphatic carbocycles. The van der Waals surface area contributed by atoms with Crippen molar-refractivity contribution < 1.29 is 24.2 Å². The number of amides is 2. The molecule has 0 saturated heterocycles. The molecule has 244 valence electrons. The smallest absolute Gasteiger partial charge is 0.309 e. The van der Waals surface area contributed by atoms with Gasteiger partial charge in [-0.15, -0.1) is 0 Å². The number of hydrogen-bond donors (Lipinski definition) is 3. The van der Waals surface area contributed by atoms with E-state index in [4.69, 9.17) is 4.74 Å². The highest BCUT2D eigenvalue weighted by Crippen LogP contribution is 2.26. The molecule has 2 aliphatic heterocycles. The number of H-pyrrole nitrogens is 1. The first-order valence-electron chi connectivity index (χ1n) is 16.7. The number of allylic oxidation sites excluding steroid dienone is 2. The minimum atomic E-state index is -0.614. The Hall–Kier alpha value is -4.69. The van der Waals surface area contributed by atoms with E-state index in [0.717, 1.165) is 33.2 Å². The number of nitrogens with zero attached hydrogens (tertiary/aromatic N) is 1. The summed E-state index contributed by atoms with van der Waals surface area (Å²) in [6.07, 6.45) is 9.20. The molecule has 4 atom stereocenters. The lowest BCUT2D eigenvalue weighted by atomic mass is 9.92. The number of benzene rings is 3. The number of aliphatic hydroxyl groups is 1. The first-order chi connectivity index (χ1) is 23.0. The fourth-order valence-electron chi connectivity index (χ4n) is 6.87. The molecule has 3 heterocycles. The zero-order valence-corrected chi connectivity index (χ0v) is 26.6. The largest absolute Gasteiger partial charge is 0.463 e. The van der Waals surface area contributed by atoms with Crippen LogP contribution >= 0.6 is 0 Å². The minimum Gasteiger partial charge on any atom is -0.463 e. The highest BCUT2D eigenvalue weighted by Gasteiger charge is 2.33. The Morgan fingerprint density at radius 2 is 1.66 bits per heavy atom. The first-order valence-corrected chi connectivity index (χ1v) is 16.7. The fourth-order valence-corrected chi connectivity index (χ4v) is 6.87. The van der Waals surface area contributed by atoms with Gasteiger partial charge in [-0.3, -0.25) is 14.4 Å². The van der Waals surface area contributed by atoms with E-state index >= 15 is 0 Å². The Balaban J connectivity index is 1.23. The van der Waals surface area contributed by atoms with E-state index in [9.17, 15) is 19.5 Å². The van der Waals surface area contributed by atoms with Crippen molar-refractivity contribution in [3.8, 4) is 0 Å². The van der Waals surface area contributed by atoms with E-state index in [-0.39, 0.29) is 49.4 Å². The van der Waals surface area contributed by atoms with Crippen LogP contribution in [0.25, 0.3) is 10.9 Å². The molecule has 3 N–H and O–H groups in total. The Morgan fingerprint density at radius 1 is 0.894 bits per heavy atom. The highest BCUT2D eigenvalue weighted by molar-refractivity contribution is 5.87. The van der Waals surface area contributed by atoms with Gasteiger partial charge in [0.15, 0.2) is 0 Å². The van der Waals surface area contributed by atoms with Gasteiger partial charge in [-0.25, -0.2) is 0 Å². The summed E-state index contributed by atoms with van der Waals surface area (Å²) < 4.78 is 5.94. The summed E-state index contributed by atoms with van der Waals surface area (Å²) in [5, 5.41) is 14.4. The van der Waals surface area contributed by atoms with Gasteiger partial charge in [0.05, 0.1) is 30.5 Å². The number of nitrogens with one attached hydrogen (secondary N) is 2. The van der Waals surface area contributed by atoms with Crippen molar-refractivity contribution in [3.63, 3.8) is 0 Å². The number of esters is 1. The molecule has 0 fully saturated rings. The summed E-state index contributed by atoms with van der Waals surface area (Å²) in [5.74, 6) is -1.60. The molecule has 0 spiro atoms. The van der Waals surface area contributed by atoms with Gasteiger partial charge >= 0.3 is 5.97 Å². The molecule has 0 radical (unpaired) electrons. The van der Waals surface area contributed by atoms with Crippen LogP contribution in [0.2, 0.25) is 0 Å². The third-order valence-electron chi connectivity index (χ3n) is 9.52. The highest BCUT2D eigenvalue weighted by atomic mass is 16.5. The van der Waals surface area contributed by atoms with E-state index in [1.807, 2.05) is 97.2 Å². The van der Waals surface area contributed by atoms with E-state index in [1.54, 1.807) is 4.90 Å². The number of para-hydroxylation sites is 1. The number of aliphatic hydroxyl groups excluding tert-OH is 1. The lowest BCUT2D eigenvalue weighted by molar-refractivity contribution is -0.150. The predicted octanol–water partition coefficient (Wildman–Crippen LogP) is 5.29. The summed E-state index contributed by atoms with van der Waals surface area (Å²) in [5.41, 5.74) is 5.28. The van der Waals surface area contributed by atoms with Gasteiger partial charge in [0, 0.05) is 30.1 Å². The average Bonchev–Trinajstić information content (AvgIpc) is 3.51. The van der Waals surface area contributed by atoms with Crippen molar-refractivity contribution in [2.75, 3.05) is 13.2 Å². The van der Waals surface area contributed by atoms with E-state index in [2.05, 4.69) is 10.3 Å². The van der Waals surface area contributed by atoms with Crippen molar-refractivity contribution in [1.29, 1.82) is 0 Å². The maximum absolute atomic E-state index is 14.0. The normalized spacial score (nSPS) is 22.4. The zero-order valence-electron chi connectivity index (χ0n) is 26.6. The van der Waals surface area contributed by atoms with Gasteiger partial charge in [-0.1, -0.05) is 84.9 Å². The van der Waals surface area contributed by atoms with Crippen molar-refractivity contribution in [2.45, 2.75) is 63.6 Å². The summed E-state index contributed by atoms with van der Waals surface area (Å²) in [4.78, 5) is 46.2. The molecule has 4 unspecified atom stereocenters. The van der Waals surface area contributed by atoms with Gasteiger partial charge in [0.25, 0.3) is 0 Å². The number of aromatic nitrogens is 1. The Kier molecular flexibility index (Phi) is 10.5. The summed E-state index contributed by atoms with van der Waals surface area (Å²) >= 11 is 0. The number of carbonyl (C=O) groups excluding carboxylic acids is 3. The van der Waals surface area contributed by atoms with Crippen molar-refractivity contribution in [2.24, 2.45) is 11.8 Å². The van der Waals surface area contributed by atoms with Gasteiger partial charge in [0.1, 0.15) is 6.61 Å². The number of hydrogen-bond acceptors (Lipinski definition) is 5. The SMILES string of the molecule is O=C1NC(Cc2c[nH]c3ccccc23)COC(=O)C(Cc2ccccc2)CCC=CCC1CC(=O)N1Cc2ccccc2CC1CO. The summed E-state index contributed by atoms with van der Waals surface area (Å²) in [7, 11) is 0. The molecule has 1 aromatic heterocycles. The van der Waals surface area contributed by atoms with Crippen LogP contribution in [0.1, 0.15) is 47.9 Å². The van der Waals surface area contributed by atoms with Gasteiger partial charge < -0.3 is 25.0 Å². The second kappa shape index (κ2) is 15.3. The molecule has 8 heteroatoms. The Morgan fingerprint density at radius 3 is 2.49 bits per heavy atom. The van der Waals surface area contributed by atoms with Gasteiger partial charge in [-0.2, -0.15) is 0 Å². The van der Waals surface area contributed by atoms with Crippen LogP contribution in [-0.4, -0.2) is 58.1 Å². The third kappa shape index (κ3) is 8.00. The number of aromatic amines is 1. The molecule has 2 amide bonds. The number of ether oxygens (including phenoxy) is 1. The molecule has 47 heavy (non-hydrogen) atoms. The second-order valence-corrected chi connectivity index (χ2v) is 12.8. The van der Waals surface area contributed by atoms with Gasteiger partial charge in [-0.05, 0) is 66.8 Å². The molecule has 0 saturated carbocycles. The van der Waals surface area contributed by atoms with E-state index < -0.39 is 12.0 Å². The number of fused-ring (bicyclic) bond motifs is 2. The van der Waals surface area contributed by atoms with E-state index in [1.165, 1.54) is 0 Å². The van der Waals surface area contributed by atoms with Crippen molar-refractivity contribution >= 4 is 28.7 Å². The lowest BCUT2D eigenvalue weighted by Gasteiger charge is -2.36. The van der Waals surface area contributed by atoms with Crippen molar-refractivity contribution in [1.82, 2.24) is 15.2 Å². The fraction of sp³-hybridized carbons (Fsp3) is 0.359.